The van der Waals surface area contributed by atoms with E-state index in [0.717, 1.165) is 6.42 Å². The van der Waals surface area contributed by atoms with Crippen molar-refractivity contribution in [3.63, 3.8) is 0 Å². The number of thioether (sulfide) groups is 1. The number of nitrogens with zero attached hydrogens (tertiary/aromatic N) is 2. The van der Waals surface area contributed by atoms with Gasteiger partial charge in [-0.15, -0.1) is 0 Å². The van der Waals surface area contributed by atoms with Crippen molar-refractivity contribution in [3.8, 4) is 5.75 Å². The summed E-state index contributed by atoms with van der Waals surface area (Å²) >= 11 is 1.22. The number of aliphatic imine (C=N–C) groups is 1. The smallest absolute Gasteiger partial charge is 0.273 e. The molecule has 1 atom stereocenters. The molecule has 0 bridgehead atoms. The molecule has 2 rings (SSSR count). The number of hydrogen-bond donors (Lipinski definition) is 2. The zero-order valence-corrected chi connectivity index (χ0v) is 14.6. The fourth-order valence-corrected chi connectivity index (χ4v) is 3.09. The number of methoxy groups -OCH3 is 1. The van der Waals surface area contributed by atoms with Crippen LogP contribution in [0.2, 0.25) is 0 Å². The van der Waals surface area contributed by atoms with Gasteiger partial charge in [0.05, 0.1) is 23.8 Å². The van der Waals surface area contributed by atoms with Crippen LogP contribution in [0.25, 0.3) is 0 Å². The summed E-state index contributed by atoms with van der Waals surface area (Å²) in [6.45, 7) is 2.59. The number of non-ortho nitro benzene ring substituents is 1. The van der Waals surface area contributed by atoms with Crippen molar-refractivity contribution >= 4 is 40.1 Å². The highest BCUT2D eigenvalue weighted by atomic mass is 32.2. The number of hydrogen-bond acceptors (Lipinski definition) is 7. The largest absolute Gasteiger partial charge is 0.494 e. The molecular weight excluding hydrogens is 348 g/mol. The number of nitro groups is 1. The zero-order chi connectivity index (χ0) is 18.4. The second-order valence-corrected chi connectivity index (χ2v) is 6.37. The van der Waals surface area contributed by atoms with Crippen LogP contribution in [0.4, 0.5) is 11.4 Å². The molecule has 1 saturated heterocycles. The molecule has 0 aliphatic carbocycles. The minimum Gasteiger partial charge on any atom is -0.494 e. The number of benzene rings is 1. The lowest BCUT2D eigenvalue weighted by atomic mass is 10.2. The van der Waals surface area contributed by atoms with E-state index in [9.17, 15) is 19.7 Å². The van der Waals surface area contributed by atoms with Crippen molar-refractivity contribution in [2.75, 3.05) is 19.0 Å². The Morgan fingerprint density at radius 3 is 2.92 bits per heavy atom. The maximum atomic E-state index is 12.2. The number of amidine groups is 1. The monoisotopic (exact) mass is 366 g/mol. The number of nitro benzene ring substituents is 1. The van der Waals surface area contributed by atoms with Crippen molar-refractivity contribution in [1.82, 2.24) is 5.32 Å². The van der Waals surface area contributed by atoms with Gasteiger partial charge in [0.25, 0.3) is 5.69 Å². The summed E-state index contributed by atoms with van der Waals surface area (Å²) < 4.78 is 5.07. The first-order valence-electron chi connectivity index (χ1n) is 7.58. The molecule has 25 heavy (non-hydrogen) atoms. The van der Waals surface area contributed by atoms with Crippen molar-refractivity contribution in [2.45, 2.75) is 25.0 Å². The third-order valence-electron chi connectivity index (χ3n) is 3.30. The van der Waals surface area contributed by atoms with E-state index in [2.05, 4.69) is 15.6 Å². The maximum absolute atomic E-state index is 12.2. The number of carbonyl (C=O) groups is 2. The van der Waals surface area contributed by atoms with E-state index >= 15 is 0 Å². The van der Waals surface area contributed by atoms with Gasteiger partial charge in [0.1, 0.15) is 11.0 Å². The van der Waals surface area contributed by atoms with Crippen molar-refractivity contribution in [2.24, 2.45) is 4.99 Å². The van der Waals surface area contributed by atoms with E-state index < -0.39 is 16.1 Å². The lowest BCUT2D eigenvalue weighted by molar-refractivity contribution is -0.384. The molecule has 9 nitrogen and oxygen atoms in total. The maximum Gasteiger partial charge on any atom is 0.273 e. The van der Waals surface area contributed by atoms with Gasteiger partial charge >= 0.3 is 0 Å². The average Bonchev–Trinajstić information content (AvgIpc) is 2.92. The molecule has 134 valence electrons. The van der Waals surface area contributed by atoms with Crippen molar-refractivity contribution in [1.29, 1.82) is 0 Å². The second kappa shape index (κ2) is 8.47. The predicted molar refractivity (Wildman–Crippen MR) is 95.0 cm³/mol. The SMILES string of the molecule is CCCN=C1NC(=O)[C@H](CC(=O)Nc2ccc([N+](=O)[O-])cc2OC)S1. The van der Waals surface area contributed by atoms with Crippen molar-refractivity contribution in [3.05, 3.63) is 28.3 Å². The number of nitrogens with one attached hydrogen (secondary N) is 2. The van der Waals surface area contributed by atoms with Crippen LogP contribution in [0, 0.1) is 10.1 Å². The van der Waals surface area contributed by atoms with E-state index in [1.54, 1.807) is 0 Å². The summed E-state index contributed by atoms with van der Waals surface area (Å²) in [7, 11) is 1.35. The minimum absolute atomic E-state index is 0.0399. The van der Waals surface area contributed by atoms with Crippen LogP contribution in [-0.2, 0) is 9.59 Å². The van der Waals surface area contributed by atoms with Crippen LogP contribution in [0.5, 0.6) is 5.75 Å². The average molecular weight is 366 g/mol. The van der Waals surface area contributed by atoms with Gasteiger partial charge in [0, 0.05) is 19.0 Å². The topological polar surface area (TPSA) is 123 Å². The molecule has 1 fully saturated rings. The van der Waals surface area contributed by atoms with Crippen LogP contribution < -0.4 is 15.4 Å². The van der Waals surface area contributed by atoms with Gasteiger partial charge in [-0.2, -0.15) is 0 Å². The molecule has 0 unspecified atom stereocenters. The highest BCUT2D eigenvalue weighted by Gasteiger charge is 2.32. The van der Waals surface area contributed by atoms with Gasteiger partial charge in [-0.1, -0.05) is 18.7 Å². The molecular formula is C15H18N4O5S. The van der Waals surface area contributed by atoms with Crippen LogP contribution in [0.3, 0.4) is 0 Å². The number of anilines is 1. The molecule has 0 radical (unpaired) electrons. The number of carbonyl (C=O) groups excluding carboxylic acids is 2. The van der Waals surface area contributed by atoms with Gasteiger partial charge in [-0.25, -0.2) is 0 Å². The van der Waals surface area contributed by atoms with Gasteiger partial charge in [0.15, 0.2) is 5.17 Å². The van der Waals surface area contributed by atoms with E-state index in [1.807, 2.05) is 6.92 Å². The van der Waals surface area contributed by atoms with Gasteiger partial charge < -0.3 is 15.4 Å². The molecule has 1 aromatic carbocycles. The van der Waals surface area contributed by atoms with Gasteiger partial charge in [0.2, 0.25) is 11.8 Å². The Bertz CT molecular complexity index is 722. The highest BCUT2D eigenvalue weighted by molar-refractivity contribution is 8.15. The molecule has 1 aliphatic rings. The molecule has 2 amide bonds. The molecule has 1 aliphatic heterocycles. The third kappa shape index (κ3) is 4.92. The standard InChI is InChI=1S/C15H18N4O5S/c1-3-6-16-15-18-14(21)12(25-15)8-13(20)17-10-5-4-9(19(22)23)7-11(10)24-2/h4-5,7,12H,3,6,8H2,1-2H3,(H,17,20)(H,16,18,21)/t12-/m0/s1. The van der Waals surface area contributed by atoms with E-state index in [4.69, 9.17) is 4.74 Å². The Morgan fingerprint density at radius 1 is 1.52 bits per heavy atom. The fraction of sp³-hybridized carbons (Fsp3) is 0.400. The summed E-state index contributed by atoms with van der Waals surface area (Å²) in [4.78, 5) is 38.5. The van der Waals surface area contributed by atoms with Gasteiger partial charge in [-0.05, 0) is 12.5 Å². The number of ether oxygens (including phenoxy) is 1. The molecule has 0 spiro atoms. The molecule has 0 saturated carbocycles. The lowest BCUT2D eigenvalue weighted by Gasteiger charge is -2.11. The first kappa shape index (κ1) is 18.7. The van der Waals surface area contributed by atoms with E-state index in [-0.39, 0.29) is 23.8 Å². The minimum atomic E-state index is -0.556. The van der Waals surface area contributed by atoms with Crippen LogP contribution in [0.1, 0.15) is 19.8 Å². The molecule has 1 aromatic rings. The Morgan fingerprint density at radius 2 is 2.28 bits per heavy atom. The normalized spacial score (nSPS) is 18.1. The lowest BCUT2D eigenvalue weighted by Crippen LogP contribution is -2.28. The molecule has 1 heterocycles. The first-order valence-corrected chi connectivity index (χ1v) is 8.46. The third-order valence-corrected chi connectivity index (χ3v) is 4.42. The number of amides is 2. The summed E-state index contributed by atoms with van der Waals surface area (Å²) in [5, 5.41) is 16.0. The quantitative estimate of drug-likeness (QED) is 0.561. The van der Waals surface area contributed by atoms with Crippen LogP contribution in [0.15, 0.2) is 23.2 Å². The summed E-state index contributed by atoms with van der Waals surface area (Å²) in [6.07, 6.45) is 0.826. The fourth-order valence-electron chi connectivity index (χ4n) is 2.09. The summed E-state index contributed by atoms with van der Waals surface area (Å²) in [5.41, 5.74) is 0.165. The predicted octanol–water partition coefficient (Wildman–Crippen LogP) is 1.93. The Balaban J connectivity index is 2.01. The van der Waals surface area contributed by atoms with Crippen LogP contribution >= 0.6 is 11.8 Å². The van der Waals surface area contributed by atoms with Crippen molar-refractivity contribution < 1.29 is 19.2 Å². The Kier molecular flexibility index (Phi) is 6.34. The Hall–Kier alpha value is -2.62. The molecule has 10 heteroatoms. The van der Waals surface area contributed by atoms with E-state index in [1.165, 1.54) is 37.1 Å². The zero-order valence-electron chi connectivity index (χ0n) is 13.8. The molecule has 2 N–H and O–H groups in total. The second-order valence-electron chi connectivity index (χ2n) is 5.18. The number of rotatable bonds is 7. The van der Waals surface area contributed by atoms with Gasteiger partial charge in [-0.3, -0.25) is 24.7 Å². The highest BCUT2D eigenvalue weighted by Crippen LogP contribution is 2.30. The Labute approximate surface area is 148 Å². The van der Waals surface area contributed by atoms with Crippen LogP contribution in [-0.4, -0.2) is 40.8 Å². The van der Waals surface area contributed by atoms with E-state index in [0.29, 0.717) is 17.4 Å². The first-order chi connectivity index (χ1) is 11.9. The summed E-state index contributed by atoms with van der Waals surface area (Å²) in [5.74, 6) is -0.474. The summed E-state index contributed by atoms with van der Waals surface area (Å²) in [6, 6.07) is 3.89. The molecule has 0 aromatic heterocycles.